The van der Waals surface area contributed by atoms with E-state index in [4.69, 9.17) is 16.3 Å². The molecule has 1 aromatic carbocycles. The van der Waals surface area contributed by atoms with E-state index in [-0.39, 0.29) is 0 Å². The first-order valence-electron chi connectivity index (χ1n) is 6.77. The fourth-order valence-corrected chi connectivity index (χ4v) is 2.71. The second-order valence-corrected chi connectivity index (χ2v) is 5.71. The van der Waals surface area contributed by atoms with Crippen molar-refractivity contribution in [1.82, 2.24) is 4.98 Å². The Hall–Kier alpha value is -1.33. The van der Waals surface area contributed by atoms with Gasteiger partial charge in [-0.1, -0.05) is 18.5 Å². The molecule has 21 heavy (non-hydrogen) atoms. The number of carbonyl (C=O) groups is 1. The van der Waals surface area contributed by atoms with Crippen LogP contribution in [0.2, 0.25) is 5.02 Å². The number of rotatable bonds is 5. The number of anilines is 1. The predicted molar refractivity (Wildman–Crippen MR) is 89.2 cm³/mol. The zero-order valence-corrected chi connectivity index (χ0v) is 14.2. The maximum absolute atomic E-state index is 12.1. The molecule has 2 aromatic rings. The molecule has 0 saturated heterocycles. The Kier molecular flexibility index (Phi) is 5.42. The number of nitrogens with zero attached hydrogens (tertiary/aromatic N) is 1. The molecule has 0 radical (unpaired) electrons. The third-order valence-electron chi connectivity index (χ3n) is 2.97. The van der Waals surface area contributed by atoms with Gasteiger partial charge in [0.15, 0.2) is 0 Å². The summed E-state index contributed by atoms with van der Waals surface area (Å²) >= 11 is 9.77. The van der Waals surface area contributed by atoms with Crippen LogP contribution in [-0.4, -0.2) is 24.1 Å². The van der Waals surface area contributed by atoms with Crippen LogP contribution in [0.1, 0.15) is 30.6 Å². The minimum atomic E-state index is -0.401. The summed E-state index contributed by atoms with van der Waals surface area (Å²) in [4.78, 5) is 16.5. The molecule has 0 bridgehead atoms. The number of aromatic nitrogens is 1. The first-order chi connectivity index (χ1) is 10.1. The highest BCUT2D eigenvalue weighted by atomic mass is 79.9. The second-order valence-electron chi connectivity index (χ2n) is 4.45. The van der Waals surface area contributed by atoms with Gasteiger partial charge in [-0.2, -0.15) is 0 Å². The molecule has 1 N–H and O–H groups in total. The molecular formula is C15H16BrClN2O2. The van der Waals surface area contributed by atoms with Crippen LogP contribution in [0.4, 0.5) is 5.69 Å². The van der Waals surface area contributed by atoms with E-state index < -0.39 is 5.97 Å². The smallest absolute Gasteiger partial charge is 0.341 e. The maximum Gasteiger partial charge on any atom is 0.341 e. The van der Waals surface area contributed by atoms with Gasteiger partial charge in [-0.05, 0) is 41.4 Å². The Labute approximate surface area is 137 Å². The molecule has 2 rings (SSSR count). The van der Waals surface area contributed by atoms with Crippen LogP contribution < -0.4 is 5.32 Å². The monoisotopic (exact) mass is 370 g/mol. The Bertz CT molecular complexity index is 676. The number of carbonyl (C=O) groups excluding carboxylic acids is 1. The number of benzene rings is 1. The highest BCUT2D eigenvalue weighted by Crippen LogP contribution is 2.36. The molecule has 4 nitrogen and oxygen atoms in total. The van der Waals surface area contributed by atoms with Gasteiger partial charge in [0.1, 0.15) is 5.56 Å². The minimum Gasteiger partial charge on any atom is -0.462 e. The molecule has 0 aliphatic carbocycles. The summed E-state index contributed by atoms with van der Waals surface area (Å²) in [6.45, 7) is 4.87. The number of hydrogen-bond acceptors (Lipinski definition) is 4. The highest BCUT2D eigenvalue weighted by molar-refractivity contribution is 9.10. The number of pyridine rings is 1. The molecule has 0 spiro atoms. The molecule has 112 valence electrons. The lowest BCUT2D eigenvalue weighted by Gasteiger charge is -2.15. The van der Waals surface area contributed by atoms with Gasteiger partial charge in [0.25, 0.3) is 0 Å². The number of hydrogen-bond donors (Lipinski definition) is 1. The van der Waals surface area contributed by atoms with Gasteiger partial charge in [0, 0.05) is 22.6 Å². The number of nitrogens with one attached hydrogen (secondary N) is 1. The summed E-state index contributed by atoms with van der Waals surface area (Å²) in [7, 11) is 0. The lowest BCUT2D eigenvalue weighted by atomic mass is 10.1. The molecule has 0 atom stereocenters. The van der Waals surface area contributed by atoms with E-state index in [1.54, 1.807) is 13.0 Å². The Morgan fingerprint density at radius 2 is 2.19 bits per heavy atom. The Balaban J connectivity index is 2.69. The minimum absolute atomic E-state index is 0.316. The van der Waals surface area contributed by atoms with Crippen molar-refractivity contribution >= 4 is 50.1 Å². The van der Waals surface area contributed by atoms with Crippen LogP contribution in [0.5, 0.6) is 0 Å². The molecule has 0 unspecified atom stereocenters. The molecule has 0 aliphatic heterocycles. The van der Waals surface area contributed by atoms with Crippen LogP contribution >= 0.6 is 27.5 Å². The van der Waals surface area contributed by atoms with Crippen molar-refractivity contribution in [2.75, 3.05) is 18.5 Å². The zero-order valence-electron chi connectivity index (χ0n) is 11.9. The largest absolute Gasteiger partial charge is 0.462 e. The van der Waals surface area contributed by atoms with Gasteiger partial charge in [-0.3, -0.25) is 4.98 Å². The summed E-state index contributed by atoms with van der Waals surface area (Å²) < 4.78 is 5.92. The summed E-state index contributed by atoms with van der Waals surface area (Å²) in [5, 5.41) is 4.54. The van der Waals surface area contributed by atoms with Crippen LogP contribution in [0, 0.1) is 0 Å². The number of ether oxygens (including phenoxy) is 1. The molecular weight excluding hydrogens is 356 g/mol. The standard InChI is InChI=1S/C15H16BrClN2O2/c1-3-7-18-13-9(15(20)21-4-2)8-19-14-10(16)5-6-11(17)12(13)14/h5-6,8H,3-4,7H2,1-2H3,(H,18,19). The number of esters is 1. The van der Waals surface area contributed by atoms with Gasteiger partial charge in [0.05, 0.1) is 22.8 Å². The lowest BCUT2D eigenvalue weighted by Crippen LogP contribution is -2.12. The van der Waals surface area contributed by atoms with Crippen molar-refractivity contribution in [1.29, 1.82) is 0 Å². The second kappa shape index (κ2) is 7.09. The van der Waals surface area contributed by atoms with Crippen LogP contribution in [0.25, 0.3) is 10.9 Å². The van der Waals surface area contributed by atoms with E-state index in [2.05, 4.69) is 33.2 Å². The van der Waals surface area contributed by atoms with Crippen molar-refractivity contribution in [3.63, 3.8) is 0 Å². The van der Waals surface area contributed by atoms with Gasteiger partial charge in [0.2, 0.25) is 0 Å². The van der Waals surface area contributed by atoms with Crippen molar-refractivity contribution < 1.29 is 9.53 Å². The predicted octanol–water partition coefficient (Wildman–Crippen LogP) is 4.65. The molecule has 6 heteroatoms. The fourth-order valence-electron chi connectivity index (χ4n) is 2.03. The molecule has 0 fully saturated rings. The molecule has 0 saturated carbocycles. The summed E-state index contributed by atoms with van der Waals surface area (Å²) in [5.41, 5.74) is 1.79. The maximum atomic E-state index is 12.1. The van der Waals surface area contributed by atoms with E-state index in [9.17, 15) is 4.79 Å². The molecule has 1 heterocycles. The van der Waals surface area contributed by atoms with E-state index in [1.807, 2.05) is 6.07 Å². The number of halogens is 2. The zero-order chi connectivity index (χ0) is 15.4. The van der Waals surface area contributed by atoms with Crippen molar-refractivity contribution in [3.05, 3.63) is 33.4 Å². The van der Waals surface area contributed by atoms with Crippen LogP contribution in [0.3, 0.4) is 0 Å². The van der Waals surface area contributed by atoms with Crippen molar-refractivity contribution in [2.45, 2.75) is 20.3 Å². The number of fused-ring (bicyclic) bond motifs is 1. The van der Waals surface area contributed by atoms with E-state index >= 15 is 0 Å². The Morgan fingerprint density at radius 3 is 2.86 bits per heavy atom. The first kappa shape index (κ1) is 16.0. The molecule has 0 aliphatic rings. The average molecular weight is 372 g/mol. The van der Waals surface area contributed by atoms with Crippen LogP contribution in [-0.2, 0) is 4.74 Å². The molecule has 0 amide bonds. The topological polar surface area (TPSA) is 51.2 Å². The van der Waals surface area contributed by atoms with Gasteiger partial charge < -0.3 is 10.1 Å². The summed E-state index contributed by atoms with van der Waals surface area (Å²) in [5.74, 6) is -0.401. The normalized spacial score (nSPS) is 10.7. The first-order valence-corrected chi connectivity index (χ1v) is 7.94. The van der Waals surface area contributed by atoms with Gasteiger partial charge >= 0.3 is 5.97 Å². The summed E-state index contributed by atoms with van der Waals surface area (Å²) in [6, 6.07) is 3.62. The van der Waals surface area contributed by atoms with E-state index in [1.165, 1.54) is 6.20 Å². The van der Waals surface area contributed by atoms with Gasteiger partial charge in [-0.25, -0.2) is 4.79 Å². The third kappa shape index (κ3) is 3.30. The molecule has 1 aromatic heterocycles. The highest BCUT2D eigenvalue weighted by Gasteiger charge is 2.19. The third-order valence-corrected chi connectivity index (χ3v) is 3.92. The Morgan fingerprint density at radius 1 is 1.43 bits per heavy atom. The quantitative estimate of drug-likeness (QED) is 0.777. The SMILES string of the molecule is CCCNc1c(C(=O)OCC)cnc2c(Br)ccc(Cl)c12. The van der Waals surface area contributed by atoms with Crippen LogP contribution in [0.15, 0.2) is 22.8 Å². The van der Waals surface area contributed by atoms with Crippen molar-refractivity contribution in [2.24, 2.45) is 0 Å². The van der Waals surface area contributed by atoms with Crippen molar-refractivity contribution in [3.8, 4) is 0 Å². The lowest BCUT2D eigenvalue weighted by molar-refractivity contribution is 0.0527. The van der Waals surface area contributed by atoms with E-state index in [0.29, 0.717) is 28.4 Å². The van der Waals surface area contributed by atoms with E-state index in [0.717, 1.165) is 22.8 Å². The average Bonchev–Trinajstić information content (AvgIpc) is 2.48. The summed E-state index contributed by atoms with van der Waals surface area (Å²) in [6.07, 6.45) is 2.46. The fraction of sp³-hybridized carbons (Fsp3) is 0.333. The van der Waals surface area contributed by atoms with Gasteiger partial charge in [-0.15, -0.1) is 0 Å².